The molecule has 6 heteroatoms. The Morgan fingerprint density at radius 1 is 1.26 bits per heavy atom. The van der Waals surface area contributed by atoms with Gasteiger partial charge in [-0.2, -0.15) is 0 Å². The van der Waals surface area contributed by atoms with Gasteiger partial charge in [-0.05, 0) is 36.1 Å². The molecule has 0 fully saturated rings. The number of amides is 1. The molecule has 0 aliphatic heterocycles. The van der Waals surface area contributed by atoms with Gasteiger partial charge in [0, 0.05) is 47.4 Å². The van der Waals surface area contributed by atoms with E-state index in [0.717, 1.165) is 12.2 Å². The quantitative estimate of drug-likeness (QED) is 0.407. The van der Waals surface area contributed by atoms with E-state index in [1.54, 1.807) is 12.3 Å². The van der Waals surface area contributed by atoms with Gasteiger partial charge < -0.3 is 10.6 Å². The molecule has 1 heterocycles. The van der Waals surface area contributed by atoms with Crippen LogP contribution in [0.15, 0.2) is 36.5 Å². The van der Waals surface area contributed by atoms with E-state index in [1.165, 1.54) is 5.56 Å². The fourth-order valence-electron chi connectivity index (χ4n) is 2.21. The first-order valence-electron chi connectivity index (χ1n) is 7.64. The summed E-state index contributed by atoms with van der Waals surface area (Å²) in [5, 5.41) is 6.08. The van der Waals surface area contributed by atoms with Gasteiger partial charge in [0.1, 0.15) is 5.82 Å². The molecule has 0 saturated carbocycles. The normalized spacial score (nSPS) is 10.6. The lowest BCUT2D eigenvalue weighted by Gasteiger charge is -2.09. The maximum absolute atomic E-state index is 12.2. The molecule has 0 saturated heterocycles. The zero-order valence-corrected chi connectivity index (χ0v) is 15.5. The minimum Gasteiger partial charge on any atom is -0.368 e. The number of anilines is 1. The maximum atomic E-state index is 12.2. The molecule has 0 aliphatic carbocycles. The fraction of sp³-hybridized carbons (Fsp3) is 0.353. The second-order valence-corrected chi connectivity index (χ2v) is 6.66. The highest BCUT2D eigenvalue weighted by molar-refractivity contribution is 14.1. The van der Waals surface area contributed by atoms with Gasteiger partial charge in [-0.15, -0.1) is 0 Å². The highest BCUT2D eigenvalue weighted by Crippen LogP contribution is 2.10. The first kappa shape index (κ1) is 17.7. The van der Waals surface area contributed by atoms with Gasteiger partial charge in [0.05, 0.1) is 0 Å². The molecule has 2 rings (SSSR count). The van der Waals surface area contributed by atoms with Crippen molar-refractivity contribution >= 4 is 34.3 Å². The molecule has 1 aromatic carbocycles. The van der Waals surface area contributed by atoms with Gasteiger partial charge in [-0.25, -0.2) is 9.97 Å². The minimum atomic E-state index is -0.0466. The molecule has 122 valence electrons. The van der Waals surface area contributed by atoms with E-state index in [1.807, 2.05) is 18.2 Å². The summed E-state index contributed by atoms with van der Waals surface area (Å²) in [6, 6.07) is 9.62. The first-order valence-corrected chi connectivity index (χ1v) is 8.72. The van der Waals surface area contributed by atoms with E-state index in [0.29, 0.717) is 28.4 Å². The predicted octanol–water partition coefficient (Wildman–Crippen LogP) is 3.12. The SMILES string of the molecule is CC(C)Cc1cccc(C(=O)NCCNc2ccnc(I)n2)c1. The highest BCUT2D eigenvalue weighted by Gasteiger charge is 2.06. The van der Waals surface area contributed by atoms with Crippen molar-refractivity contribution in [1.29, 1.82) is 0 Å². The van der Waals surface area contributed by atoms with Gasteiger partial charge in [-0.3, -0.25) is 4.79 Å². The van der Waals surface area contributed by atoms with Crippen molar-refractivity contribution in [2.75, 3.05) is 18.4 Å². The van der Waals surface area contributed by atoms with Gasteiger partial charge in [-0.1, -0.05) is 26.0 Å². The molecule has 0 bridgehead atoms. The van der Waals surface area contributed by atoms with Crippen molar-refractivity contribution in [2.45, 2.75) is 20.3 Å². The number of benzene rings is 1. The van der Waals surface area contributed by atoms with Crippen LogP contribution in [0.5, 0.6) is 0 Å². The monoisotopic (exact) mass is 424 g/mol. The van der Waals surface area contributed by atoms with Crippen LogP contribution in [-0.2, 0) is 6.42 Å². The van der Waals surface area contributed by atoms with Crippen LogP contribution in [0.2, 0.25) is 0 Å². The smallest absolute Gasteiger partial charge is 0.251 e. The number of nitrogens with zero attached hydrogens (tertiary/aromatic N) is 2. The van der Waals surface area contributed by atoms with E-state index in [4.69, 9.17) is 0 Å². The molecule has 0 unspecified atom stereocenters. The number of halogens is 1. The van der Waals surface area contributed by atoms with Crippen LogP contribution in [0, 0.1) is 9.75 Å². The van der Waals surface area contributed by atoms with Gasteiger partial charge >= 0.3 is 0 Å². The van der Waals surface area contributed by atoms with Gasteiger partial charge in [0.2, 0.25) is 0 Å². The molecule has 2 aromatic rings. The van der Waals surface area contributed by atoms with Crippen molar-refractivity contribution in [3.63, 3.8) is 0 Å². The number of carbonyl (C=O) groups excluding carboxylic acids is 1. The Morgan fingerprint density at radius 3 is 2.83 bits per heavy atom. The Labute approximate surface area is 150 Å². The summed E-state index contributed by atoms with van der Waals surface area (Å²) < 4.78 is 0.693. The Morgan fingerprint density at radius 2 is 2.09 bits per heavy atom. The minimum absolute atomic E-state index is 0.0466. The van der Waals surface area contributed by atoms with E-state index in [9.17, 15) is 4.79 Å². The number of rotatable bonds is 7. The van der Waals surface area contributed by atoms with Crippen molar-refractivity contribution < 1.29 is 4.79 Å². The van der Waals surface area contributed by atoms with Gasteiger partial charge in [0.15, 0.2) is 3.83 Å². The molecule has 23 heavy (non-hydrogen) atoms. The first-order chi connectivity index (χ1) is 11.0. The number of carbonyl (C=O) groups is 1. The van der Waals surface area contributed by atoms with Crippen molar-refractivity contribution in [1.82, 2.24) is 15.3 Å². The number of aromatic nitrogens is 2. The third-order valence-electron chi connectivity index (χ3n) is 3.18. The summed E-state index contributed by atoms with van der Waals surface area (Å²) in [6.45, 7) is 5.50. The van der Waals surface area contributed by atoms with Crippen LogP contribution in [0.3, 0.4) is 0 Å². The van der Waals surface area contributed by atoms with Crippen LogP contribution in [0.1, 0.15) is 29.8 Å². The molecule has 0 spiro atoms. The molecule has 5 nitrogen and oxygen atoms in total. The zero-order chi connectivity index (χ0) is 16.7. The molecule has 0 aliphatic rings. The lowest BCUT2D eigenvalue weighted by Crippen LogP contribution is -2.29. The van der Waals surface area contributed by atoms with Crippen molar-refractivity contribution in [3.8, 4) is 0 Å². The van der Waals surface area contributed by atoms with Gasteiger partial charge in [0.25, 0.3) is 5.91 Å². The molecule has 1 aromatic heterocycles. The second-order valence-electron chi connectivity index (χ2n) is 5.69. The lowest BCUT2D eigenvalue weighted by molar-refractivity contribution is 0.0955. The molecule has 0 radical (unpaired) electrons. The Kier molecular flexibility index (Phi) is 6.76. The Balaban J connectivity index is 1.80. The number of hydrogen-bond acceptors (Lipinski definition) is 4. The largest absolute Gasteiger partial charge is 0.368 e. The molecule has 2 N–H and O–H groups in total. The Bertz CT molecular complexity index is 661. The molecule has 0 atom stereocenters. The fourth-order valence-corrected chi connectivity index (χ4v) is 2.63. The number of hydrogen-bond donors (Lipinski definition) is 2. The predicted molar refractivity (Wildman–Crippen MR) is 101 cm³/mol. The van der Waals surface area contributed by atoms with Crippen LogP contribution in [0.4, 0.5) is 5.82 Å². The van der Waals surface area contributed by atoms with Crippen LogP contribution in [-0.4, -0.2) is 29.0 Å². The van der Waals surface area contributed by atoms with Crippen molar-refractivity contribution in [2.24, 2.45) is 5.92 Å². The summed E-state index contributed by atoms with van der Waals surface area (Å²) in [6.07, 6.45) is 2.69. The molecular weight excluding hydrogens is 403 g/mol. The van der Waals surface area contributed by atoms with Crippen molar-refractivity contribution in [3.05, 3.63) is 51.5 Å². The summed E-state index contributed by atoms with van der Waals surface area (Å²) in [4.78, 5) is 20.5. The van der Waals surface area contributed by atoms with Crippen LogP contribution < -0.4 is 10.6 Å². The lowest BCUT2D eigenvalue weighted by atomic mass is 10.0. The average Bonchev–Trinajstić information content (AvgIpc) is 2.51. The summed E-state index contributed by atoms with van der Waals surface area (Å²) in [5.74, 6) is 1.29. The highest BCUT2D eigenvalue weighted by atomic mass is 127. The molecular formula is C17H21IN4O. The van der Waals surface area contributed by atoms with E-state index >= 15 is 0 Å². The van der Waals surface area contributed by atoms with E-state index < -0.39 is 0 Å². The second kappa shape index (κ2) is 8.81. The maximum Gasteiger partial charge on any atom is 0.251 e. The topological polar surface area (TPSA) is 66.9 Å². The summed E-state index contributed by atoms with van der Waals surface area (Å²) >= 11 is 2.06. The summed E-state index contributed by atoms with van der Waals surface area (Å²) in [5.41, 5.74) is 1.90. The van der Waals surface area contributed by atoms with Crippen LogP contribution >= 0.6 is 22.6 Å². The number of nitrogens with one attached hydrogen (secondary N) is 2. The third-order valence-corrected chi connectivity index (χ3v) is 3.70. The van der Waals surface area contributed by atoms with E-state index in [-0.39, 0.29) is 5.91 Å². The molecule has 1 amide bonds. The van der Waals surface area contributed by atoms with Crippen LogP contribution in [0.25, 0.3) is 0 Å². The summed E-state index contributed by atoms with van der Waals surface area (Å²) in [7, 11) is 0. The average molecular weight is 424 g/mol. The zero-order valence-electron chi connectivity index (χ0n) is 13.3. The third kappa shape index (κ3) is 6.13. The standard InChI is InChI=1S/C17H21IN4O/c1-12(2)10-13-4-3-5-14(11-13)16(23)20-9-8-19-15-6-7-21-17(18)22-15/h3-7,11-12H,8-10H2,1-2H3,(H,20,23)(H,19,21,22). The van der Waals surface area contributed by atoms with E-state index in [2.05, 4.69) is 63.1 Å². The Hall–Kier alpha value is -1.70.